The molecule has 102 valence electrons. The lowest BCUT2D eigenvalue weighted by molar-refractivity contribution is 0.629. The van der Waals surface area contributed by atoms with E-state index < -0.39 is 5.82 Å². The molecule has 0 saturated carbocycles. The predicted molar refractivity (Wildman–Crippen MR) is 75.7 cm³/mol. The highest BCUT2D eigenvalue weighted by Gasteiger charge is 2.19. The first-order chi connectivity index (χ1) is 9.50. The van der Waals surface area contributed by atoms with Crippen LogP contribution in [0.5, 0.6) is 0 Å². The minimum Gasteiger partial charge on any atom is -0.206 e. The van der Waals surface area contributed by atoms with E-state index in [0.29, 0.717) is 10.8 Å². The summed E-state index contributed by atoms with van der Waals surface area (Å²) in [6, 6.07) is 4.43. The van der Waals surface area contributed by atoms with Crippen LogP contribution in [0, 0.1) is 19.7 Å². The molecule has 0 aliphatic carbocycles. The van der Waals surface area contributed by atoms with Crippen LogP contribution >= 0.6 is 23.2 Å². The number of halogens is 3. The second-order valence-electron chi connectivity index (χ2n) is 4.40. The molecule has 4 nitrogen and oxygen atoms in total. The zero-order chi connectivity index (χ0) is 14.4. The minimum absolute atomic E-state index is 0.161. The van der Waals surface area contributed by atoms with Crippen molar-refractivity contribution in [3.63, 3.8) is 0 Å². The van der Waals surface area contributed by atoms with E-state index in [4.69, 9.17) is 23.2 Å². The average Bonchev–Trinajstić information content (AvgIpc) is 2.80. The van der Waals surface area contributed by atoms with Gasteiger partial charge < -0.3 is 0 Å². The number of hydrogen-bond donors (Lipinski definition) is 0. The minimum atomic E-state index is -0.483. The first-order valence-electron chi connectivity index (χ1n) is 5.83. The highest BCUT2D eigenvalue weighted by atomic mass is 35.5. The summed E-state index contributed by atoms with van der Waals surface area (Å²) in [6.07, 6.45) is 0. The molecule has 0 spiro atoms. The van der Waals surface area contributed by atoms with Crippen LogP contribution < -0.4 is 0 Å². The molecule has 0 bridgehead atoms. The molecule has 1 aromatic carbocycles. The first kappa shape index (κ1) is 13.3. The third-order valence-electron chi connectivity index (χ3n) is 3.22. The summed E-state index contributed by atoms with van der Waals surface area (Å²) in [5.74, 6) is -0.254. The molecule has 0 amide bonds. The molecule has 3 rings (SSSR count). The van der Waals surface area contributed by atoms with Gasteiger partial charge in [-0.15, -0.1) is 10.2 Å². The number of fused-ring (bicyclic) bond motifs is 1. The maximum absolute atomic E-state index is 14.0. The van der Waals surface area contributed by atoms with Gasteiger partial charge in [-0.25, -0.2) is 4.39 Å². The van der Waals surface area contributed by atoms with E-state index in [9.17, 15) is 4.39 Å². The van der Waals surface area contributed by atoms with Gasteiger partial charge in [0, 0.05) is 5.56 Å². The maximum Gasteiger partial charge on any atom is 0.189 e. The summed E-state index contributed by atoms with van der Waals surface area (Å²) in [5, 5.41) is 12.8. The third-order valence-corrected chi connectivity index (χ3v) is 3.90. The number of nitrogens with zero attached hydrogens (tertiary/aromatic N) is 4. The summed E-state index contributed by atoms with van der Waals surface area (Å²) in [5.41, 5.74) is 2.35. The van der Waals surface area contributed by atoms with Crippen LogP contribution in [-0.4, -0.2) is 19.8 Å². The molecule has 2 heterocycles. The van der Waals surface area contributed by atoms with Gasteiger partial charge in [0.15, 0.2) is 16.6 Å². The first-order valence-corrected chi connectivity index (χ1v) is 6.58. The lowest BCUT2D eigenvalue weighted by Gasteiger charge is -2.06. The Balaban J connectivity index is 2.39. The maximum atomic E-state index is 14.0. The Bertz CT molecular complexity index is 809. The van der Waals surface area contributed by atoms with Crippen molar-refractivity contribution in [2.75, 3.05) is 0 Å². The number of rotatable bonds is 1. The predicted octanol–water partition coefficient (Wildman–Crippen LogP) is 3.85. The molecule has 3 aromatic rings. The Morgan fingerprint density at radius 1 is 1.10 bits per heavy atom. The van der Waals surface area contributed by atoms with Crippen molar-refractivity contribution in [2.24, 2.45) is 0 Å². The molecule has 0 atom stereocenters. The zero-order valence-corrected chi connectivity index (χ0v) is 12.2. The summed E-state index contributed by atoms with van der Waals surface area (Å²) in [4.78, 5) is 0. The fourth-order valence-electron chi connectivity index (χ4n) is 1.96. The lowest BCUT2D eigenvalue weighted by atomic mass is 10.2. The second kappa shape index (κ2) is 4.68. The van der Waals surface area contributed by atoms with E-state index >= 15 is 0 Å². The van der Waals surface area contributed by atoms with Crippen LogP contribution in [0.15, 0.2) is 18.2 Å². The number of hydrogen-bond acceptors (Lipinski definition) is 3. The van der Waals surface area contributed by atoms with Crippen molar-refractivity contribution in [2.45, 2.75) is 13.8 Å². The molecule has 0 radical (unpaired) electrons. The molecular weight excluding hydrogens is 302 g/mol. The summed E-state index contributed by atoms with van der Waals surface area (Å²) >= 11 is 12.1. The van der Waals surface area contributed by atoms with Crippen molar-refractivity contribution >= 4 is 28.8 Å². The molecule has 2 aromatic heterocycles. The fraction of sp³-hybridized carbons (Fsp3) is 0.154. The summed E-state index contributed by atoms with van der Waals surface area (Å²) in [6.45, 7) is 3.70. The Morgan fingerprint density at radius 2 is 1.85 bits per heavy atom. The van der Waals surface area contributed by atoms with Crippen LogP contribution in [0.4, 0.5) is 4.39 Å². The Morgan fingerprint density at radius 3 is 2.55 bits per heavy atom. The van der Waals surface area contributed by atoms with E-state index in [-0.39, 0.29) is 16.4 Å². The van der Waals surface area contributed by atoms with Crippen molar-refractivity contribution in [1.82, 2.24) is 19.8 Å². The van der Waals surface area contributed by atoms with E-state index in [1.807, 2.05) is 13.8 Å². The fourth-order valence-corrected chi connectivity index (χ4v) is 2.43. The van der Waals surface area contributed by atoms with Gasteiger partial charge in [-0.1, -0.05) is 29.3 Å². The topological polar surface area (TPSA) is 43.1 Å². The quantitative estimate of drug-likeness (QED) is 0.685. The molecule has 0 unspecified atom stereocenters. The molecule has 0 aliphatic rings. The zero-order valence-electron chi connectivity index (χ0n) is 10.7. The van der Waals surface area contributed by atoms with Gasteiger partial charge >= 0.3 is 0 Å². The molecule has 0 saturated heterocycles. The van der Waals surface area contributed by atoms with Gasteiger partial charge in [-0.05, 0) is 31.5 Å². The van der Waals surface area contributed by atoms with Crippen LogP contribution in [-0.2, 0) is 0 Å². The van der Waals surface area contributed by atoms with E-state index in [1.54, 1.807) is 6.07 Å². The summed E-state index contributed by atoms with van der Waals surface area (Å²) in [7, 11) is 0. The standard InChI is InChI=1S/C13H9Cl2FN4/c1-6-7(2)12-17-18-13(20(12)19-11(6)15)10-8(14)4-3-5-9(10)16/h3-5H,1-2H3. The van der Waals surface area contributed by atoms with Crippen molar-refractivity contribution in [1.29, 1.82) is 0 Å². The van der Waals surface area contributed by atoms with Gasteiger partial charge in [0.05, 0.1) is 10.6 Å². The summed E-state index contributed by atoms with van der Waals surface area (Å²) < 4.78 is 15.4. The molecule has 0 fully saturated rings. The van der Waals surface area contributed by atoms with Gasteiger partial charge in [0.2, 0.25) is 0 Å². The third kappa shape index (κ3) is 1.85. The molecular formula is C13H9Cl2FN4. The van der Waals surface area contributed by atoms with Gasteiger partial charge in [-0.2, -0.15) is 9.61 Å². The van der Waals surface area contributed by atoms with Gasteiger partial charge in [0.1, 0.15) is 5.82 Å². The molecule has 0 N–H and O–H groups in total. The molecule has 0 aliphatic heterocycles. The van der Waals surface area contributed by atoms with E-state index in [1.165, 1.54) is 16.6 Å². The van der Waals surface area contributed by atoms with Crippen molar-refractivity contribution in [3.8, 4) is 11.4 Å². The Hall–Kier alpha value is -1.72. The number of aromatic nitrogens is 4. The van der Waals surface area contributed by atoms with Crippen LogP contribution in [0.3, 0.4) is 0 Å². The normalized spacial score (nSPS) is 11.2. The van der Waals surface area contributed by atoms with E-state index in [2.05, 4.69) is 15.3 Å². The SMILES string of the molecule is Cc1c(Cl)nn2c(-c3c(F)cccc3Cl)nnc2c1C. The highest BCUT2D eigenvalue weighted by molar-refractivity contribution is 6.33. The van der Waals surface area contributed by atoms with Gasteiger partial charge in [0.25, 0.3) is 0 Å². The number of aryl methyl sites for hydroxylation is 1. The molecule has 7 heteroatoms. The van der Waals surface area contributed by atoms with Crippen LogP contribution in [0.1, 0.15) is 11.1 Å². The number of benzene rings is 1. The highest BCUT2D eigenvalue weighted by Crippen LogP contribution is 2.30. The monoisotopic (exact) mass is 310 g/mol. The molecule has 20 heavy (non-hydrogen) atoms. The van der Waals surface area contributed by atoms with Gasteiger partial charge in [-0.3, -0.25) is 0 Å². The van der Waals surface area contributed by atoms with Crippen molar-refractivity contribution < 1.29 is 4.39 Å². The van der Waals surface area contributed by atoms with Crippen molar-refractivity contribution in [3.05, 3.63) is 45.3 Å². The van der Waals surface area contributed by atoms with Crippen LogP contribution in [0.2, 0.25) is 10.2 Å². The Kier molecular flexibility index (Phi) is 3.11. The largest absolute Gasteiger partial charge is 0.206 e. The second-order valence-corrected chi connectivity index (χ2v) is 5.16. The smallest absolute Gasteiger partial charge is 0.189 e. The van der Waals surface area contributed by atoms with E-state index in [0.717, 1.165) is 11.1 Å². The Labute approximate surface area is 124 Å². The van der Waals surface area contributed by atoms with Crippen LogP contribution in [0.25, 0.3) is 17.0 Å². The average molecular weight is 311 g/mol. The lowest BCUT2D eigenvalue weighted by Crippen LogP contribution is -2.01.